The second-order valence-corrected chi connectivity index (χ2v) is 5.42. The lowest BCUT2D eigenvalue weighted by Gasteiger charge is -2.41. The highest BCUT2D eigenvalue weighted by Crippen LogP contribution is 2.29. The highest BCUT2D eigenvalue weighted by Gasteiger charge is 2.44. The second kappa shape index (κ2) is 5.15. The summed E-state index contributed by atoms with van der Waals surface area (Å²) in [6.45, 7) is 3.85. The summed E-state index contributed by atoms with van der Waals surface area (Å²) < 4.78 is 1.61. The molecule has 2 heterocycles. The molecule has 1 atom stereocenters. The predicted molar refractivity (Wildman–Crippen MR) is 73.6 cm³/mol. The summed E-state index contributed by atoms with van der Waals surface area (Å²) in [6, 6.07) is -0.384. The fourth-order valence-electron chi connectivity index (χ4n) is 2.57. The Balaban J connectivity index is 2.18. The van der Waals surface area contributed by atoms with Crippen LogP contribution in [0.15, 0.2) is 6.20 Å². The molecule has 0 saturated carbocycles. The Labute approximate surface area is 117 Å². The number of amides is 2. The number of piperidine rings is 1. The largest absolute Gasteiger partial charge is 0.480 e. The van der Waals surface area contributed by atoms with Crippen LogP contribution in [0, 0.1) is 6.92 Å². The smallest absolute Gasteiger partial charge is 0.329 e. The van der Waals surface area contributed by atoms with Gasteiger partial charge in [0.1, 0.15) is 5.54 Å². The van der Waals surface area contributed by atoms with E-state index in [1.165, 1.54) is 4.90 Å². The van der Waals surface area contributed by atoms with Crippen LogP contribution in [0.25, 0.3) is 0 Å². The molecule has 0 spiro atoms. The Kier molecular flexibility index (Phi) is 3.69. The number of carbonyl (C=O) groups excluding carboxylic acids is 1. The van der Waals surface area contributed by atoms with Crippen LogP contribution in [0.3, 0.4) is 0 Å². The molecular weight excluding hydrogens is 260 g/mol. The maximum atomic E-state index is 12.4. The average molecular weight is 280 g/mol. The Morgan fingerprint density at radius 1 is 1.45 bits per heavy atom. The molecule has 1 aromatic heterocycles. The van der Waals surface area contributed by atoms with E-state index in [0.29, 0.717) is 24.3 Å². The van der Waals surface area contributed by atoms with Gasteiger partial charge >= 0.3 is 12.0 Å². The third kappa shape index (κ3) is 2.48. The SMILES string of the molecule is Cc1nn(C)cc1NC(=O)N1CCCCC1(C)C(=O)O. The summed E-state index contributed by atoms with van der Waals surface area (Å²) in [6.07, 6.45) is 3.82. The number of likely N-dealkylation sites (tertiary alicyclic amines) is 1. The standard InChI is InChI=1S/C13H20N4O3/c1-9-10(8-16(3)15-9)14-12(20)17-7-5-4-6-13(17,2)11(18)19/h8H,4-7H2,1-3H3,(H,14,20)(H,18,19). The van der Waals surface area contributed by atoms with Crippen LogP contribution < -0.4 is 5.32 Å². The van der Waals surface area contributed by atoms with E-state index >= 15 is 0 Å². The summed E-state index contributed by atoms with van der Waals surface area (Å²) in [7, 11) is 1.77. The van der Waals surface area contributed by atoms with Gasteiger partial charge in [-0.1, -0.05) is 0 Å². The first-order chi connectivity index (χ1) is 9.34. The Morgan fingerprint density at radius 3 is 2.70 bits per heavy atom. The Hall–Kier alpha value is -2.05. The van der Waals surface area contributed by atoms with Gasteiger partial charge in [0.2, 0.25) is 0 Å². The first kappa shape index (κ1) is 14.4. The number of urea groups is 1. The molecule has 0 bridgehead atoms. The van der Waals surface area contributed by atoms with Crippen LogP contribution in [-0.2, 0) is 11.8 Å². The zero-order chi connectivity index (χ0) is 14.9. The van der Waals surface area contributed by atoms with Crippen molar-refractivity contribution in [3.63, 3.8) is 0 Å². The molecule has 2 rings (SSSR count). The van der Waals surface area contributed by atoms with E-state index in [0.717, 1.165) is 12.8 Å². The molecule has 0 aliphatic carbocycles. The normalized spacial score (nSPS) is 22.6. The third-order valence-electron chi connectivity index (χ3n) is 3.85. The van der Waals surface area contributed by atoms with Crippen molar-refractivity contribution in [1.82, 2.24) is 14.7 Å². The first-order valence-corrected chi connectivity index (χ1v) is 6.67. The number of hydrogen-bond donors (Lipinski definition) is 2. The van der Waals surface area contributed by atoms with Gasteiger partial charge in [0, 0.05) is 19.8 Å². The number of carbonyl (C=O) groups is 2. The number of carboxylic acids is 1. The van der Waals surface area contributed by atoms with Gasteiger partial charge < -0.3 is 15.3 Å². The van der Waals surface area contributed by atoms with Crippen molar-refractivity contribution in [3.8, 4) is 0 Å². The molecule has 7 heteroatoms. The van der Waals surface area contributed by atoms with Crippen molar-refractivity contribution < 1.29 is 14.7 Å². The minimum atomic E-state index is -1.14. The van der Waals surface area contributed by atoms with Gasteiger partial charge in [0.05, 0.1) is 11.4 Å². The fraction of sp³-hybridized carbons (Fsp3) is 0.615. The van der Waals surface area contributed by atoms with E-state index in [-0.39, 0.29) is 6.03 Å². The van der Waals surface area contributed by atoms with E-state index < -0.39 is 11.5 Å². The van der Waals surface area contributed by atoms with E-state index in [1.54, 1.807) is 31.8 Å². The molecule has 2 amide bonds. The summed E-state index contributed by atoms with van der Waals surface area (Å²) in [5.41, 5.74) is 0.170. The maximum Gasteiger partial charge on any atom is 0.329 e. The topological polar surface area (TPSA) is 87.5 Å². The lowest BCUT2D eigenvalue weighted by Crippen LogP contribution is -2.58. The lowest BCUT2D eigenvalue weighted by atomic mass is 9.89. The Morgan fingerprint density at radius 2 is 2.15 bits per heavy atom. The second-order valence-electron chi connectivity index (χ2n) is 5.42. The van der Waals surface area contributed by atoms with Crippen LogP contribution in [0.2, 0.25) is 0 Å². The quantitative estimate of drug-likeness (QED) is 0.861. The number of aryl methyl sites for hydroxylation is 2. The molecule has 7 nitrogen and oxygen atoms in total. The molecule has 1 aliphatic heterocycles. The van der Waals surface area contributed by atoms with Crippen molar-refractivity contribution in [2.75, 3.05) is 11.9 Å². The van der Waals surface area contributed by atoms with E-state index in [2.05, 4.69) is 10.4 Å². The molecule has 0 aromatic carbocycles. The van der Waals surface area contributed by atoms with Crippen molar-refractivity contribution in [2.24, 2.45) is 7.05 Å². The summed E-state index contributed by atoms with van der Waals surface area (Å²) >= 11 is 0. The average Bonchev–Trinajstić information content (AvgIpc) is 2.68. The van der Waals surface area contributed by atoms with Crippen LogP contribution in [0.5, 0.6) is 0 Å². The zero-order valence-corrected chi connectivity index (χ0v) is 12.0. The van der Waals surface area contributed by atoms with E-state index in [4.69, 9.17) is 0 Å². The van der Waals surface area contributed by atoms with Crippen molar-refractivity contribution in [1.29, 1.82) is 0 Å². The minimum absolute atomic E-state index is 0.384. The number of rotatable bonds is 2. The monoisotopic (exact) mass is 280 g/mol. The molecule has 20 heavy (non-hydrogen) atoms. The molecular formula is C13H20N4O3. The van der Waals surface area contributed by atoms with Crippen molar-refractivity contribution in [3.05, 3.63) is 11.9 Å². The summed E-state index contributed by atoms with van der Waals surface area (Å²) in [4.78, 5) is 25.2. The van der Waals surface area contributed by atoms with Crippen molar-refractivity contribution in [2.45, 2.75) is 38.6 Å². The lowest BCUT2D eigenvalue weighted by molar-refractivity contribution is -0.150. The number of anilines is 1. The maximum absolute atomic E-state index is 12.4. The summed E-state index contributed by atoms with van der Waals surface area (Å²) in [5, 5.41) is 16.3. The van der Waals surface area contributed by atoms with Gasteiger partial charge in [-0.05, 0) is 33.1 Å². The van der Waals surface area contributed by atoms with Crippen LogP contribution in [0.1, 0.15) is 31.9 Å². The van der Waals surface area contributed by atoms with Gasteiger partial charge in [-0.25, -0.2) is 9.59 Å². The van der Waals surface area contributed by atoms with Gasteiger partial charge in [-0.2, -0.15) is 5.10 Å². The molecule has 1 aliphatic rings. The Bertz CT molecular complexity index is 540. The van der Waals surface area contributed by atoms with Gasteiger partial charge in [-0.3, -0.25) is 4.68 Å². The van der Waals surface area contributed by atoms with Crippen LogP contribution in [0.4, 0.5) is 10.5 Å². The van der Waals surface area contributed by atoms with Gasteiger partial charge in [0.25, 0.3) is 0 Å². The van der Waals surface area contributed by atoms with Crippen LogP contribution in [-0.4, -0.2) is 43.9 Å². The van der Waals surface area contributed by atoms with E-state index in [1.807, 2.05) is 0 Å². The number of hydrogen-bond acceptors (Lipinski definition) is 3. The fourth-order valence-corrected chi connectivity index (χ4v) is 2.57. The number of aliphatic carboxylic acids is 1. The summed E-state index contributed by atoms with van der Waals surface area (Å²) in [5.74, 6) is -0.963. The molecule has 1 unspecified atom stereocenters. The number of nitrogens with one attached hydrogen (secondary N) is 1. The molecule has 110 valence electrons. The highest BCUT2D eigenvalue weighted by atomic mass is 16.4. The molecule has 0 radical (unpaired) electrons. The van der Waals surface area contributed by atoms with E-state index in [9.17, 15) is 14.7 Å². The molecule has 1 saturated heterocycles. The van der Waals surface area contributed by atoms with Crippen LogP contribution >= 0.6 is 0 Å². The first-order valence-electron chi connectivity index (χ1n) is 6.67. The van der Waals surface area contributed by atoms with Gasteiger partial charge in [0.15, 0.2) is 0 Å². The number of carboxylic acid groups (broad SMARTS) is 1. The predicted octanol–water partition coefficient (Wildman–Crippen LogP) is 1.59. The minimum Gasteiger partial charge on any atom is -0.480 e. The highest BCUT2D eigenvalue weighted by molar-refractivity contribution is 5.94. The number of nitrogens with zero attached hydrogens (tertiary/aromatic N) is 3. The third-order valence-corrected chi connectivity index (χ3v) is 3.85. The zero-order valence-electron chi connectivity index (χ0n) is 12.0. The molecule has 2 N–H and O–H groups in total. The van der Waals surface area contributed by atoms with Gasteiger partial charge in [-0.15, -0.1) is 0 Å². The van der Waals surface area contributed by atoms with Crippen molar-refractivity contribution >= 4 is 17.7 Å². The molecule has 1 aromatic rings. The molecule has 1 fully saturated rings. The number of aromatic nitrogens is 2.